The van der Waals surface area contributed by atoms with E-state index < -0.39 is 11.9 Å². The fraction of sp³-hybridized carbons (Fsp3) is 0.692. The van der Waals surface area contributed by atoms with Gasteiger partial charge >= 0.3 is 6.18 Å². The molecule has 1 aromatic heterocycles. The zero-order valence-corrected chi connectivity index (χ0v) is 11.5. The van der Waals surface area contributed by atoms with Gasteiger partial charge in [-0.25, -0.2) is 0 Å². The number of alkyl halides is 3. The summed E-state index contributed by atoms with van der Waals surface area (Å²) in [7, 11) is 0. The van der Waals surface area contributed by atoms with Gasteiger partial charge in [0.1, 0.15) is 6.54 Å². The molecule has 1 aliphatic rings. The van der Waals surface area contributed by atoms with Crippen LogP contribution in [-0.4, -0.2) is 21.7 Å². The molecule has 0 radical (unpaired) electrons. The number of hydrogen-bond acceptors (Lipinski definition) is 2. The Kier molecular flexibility index (Phi) is 3.80. The molecule has 1 atom stereocenters. The van der Waals surface area contributed by atoms with Crippen LogP contribution in [0.25, 0.3) is 0 Å². The number of hydrogen-bond donors (Lipinski definition) is 1. The van der Waals surface area contributed by atoms with E-state index in [0.29, 0.717) is 0 Å². The normalized spacial score (nSPS) is 21.9. The minimum Gasteiger partial charge on any atom is -0.352 e. The molecule has 0 aromatic carbocycles. The summed E-state index contributed by atoms with van der Waals surface area (Å²) < 4.78 is 38.1. The van der Waals surface area contributed by atoms with Crippen LogP contribution in [0, 0.1) is 5.41 Å². The van der Waals surface area contributed by atoms with Gasteiger partial charge in [0.25, 0.3) is 0 Å². The molecule has 0 bridgehead atoms. The van der Waals surface area contributed by atoms with Crippen LogP contribution in [0.2, 0.25) is 0 Å². The predicted octanol–water partition coefficient (Wildman–Crippen LogP) is 2.60. The average molecular weight is 289 g/mol. The number of halogens is 3. The van der Waals surface area contributed by atoms with Gasteiger partial charge in [0.2, 0.25) is 5.91 Å². The van der Waals surface area contributed by atoms with Crippen LogP contribution in [0.15, 0.2) is 12.3 Å². The van der Waals surface area contributed by atoms with Crippen LogP contribution < -0.4 is 5.32 Å². The van der Waals surface area contributed by atoms with Crippen molar-refractivity contribution in [2.24, 2.45) is 5.41 Å². The van der Waals surface area contributed by atoms with Gasteiger partial charge in [-0.3, -0.25) is 9.48 Å². The lowest BCUT2D eigenvalue weighted by Crippen LogP contribution is -2.36. The molecule has 1 unspecified atom stereocenters. The Labute approximate surface area is 115 Å². The summed E-state index contributed by atoms with van der Waals surface area (Å²) in [6.45, 7) is 4.09. The van der Waals surface area contributed by atoms with Crippen molar-refractivity contribution in [3.63, 3.8) is 0 Å². The molecule has 0 spiro atoms. The number of amides is 1. The Morgan fingerprint density at radius 2 is 2.25 bits per heavy atom. The molecule has 7 heteroatoms. The SMILES string of the molecule is CC1(C)CCC(NC(=O)Cn2ccc(C(F)(F)F)n2)C1. The van der Waals surface area contributed by atoms with Crippen molar-refractivity contribution in [3.8, 4) is 0 Å². The van der Waals surface area contributed by atoms with Crippen molar-refractivity contribution in [2.75, 3.05) is 0 Å². The number of nitrogens with zero attached hydrogens (tertiary/aromatic N) is 2. The van der Waals surface area contributed by atoms with Crippen molar-refractivity contribution < 1.29 is 18.0 Å². The van der Waals surface area contributed by atoms with E-state index in [-0.39, 0.29) is 23.9 Å². The van der Waals surface area contributed by atoms with E-state index >= 15 is 0 Å². The molecule has 2 rings (SSSR count). The minimum atomic E-state index is -4.47. The maximum atomic E-state index is 12.4. The van der Waals surface area contributed by atoms with Crippen molar-refractivity contribution in [2.45, 2.75) is 51.9 Å². The Bertz CT molecular complexity index is 493. The number of carbonyl (C=O) groups excluding carboxylic acids is 1. The first-order valence-corrected chi connectivity index (χ1v) is 6.56. The Balaban J connectivity index is 1.88. The first-order valence-electron chi connectivity index (χ1n) is 6.56. The van der Waals surface area contributed by atoms with Crippen LogP contribution in [0.4, 0.5) is 13.2 Å². The molecular weight excluding hydrogens is 271 g/mol. The summed E-state index contributed by atoms with van der Waals surface area (Å²) in [6.07, 6.45) is -0.465. The zero-order chi connectivity index (χ0) is 15.0. The van der Waals surface area contributed by atoms with Crippen LogP contribution in [-0.2, 0) is 17.5 Å². The van der Waals surface area contributed by atoms with Gasteiger partial charge in [0.15, 0.2) is 5.69 Å². The lowest BCUT2D eigenvalue weighted by atomic mass is 9.92. The highest BCUT2D eigenvalue weighted by molar-refractivity contribution is 5.76. The third-order valence-electron chi connectivity index (χ3n) is 3.57. The first kappa shape index (κ1) is 14.9. The van der Waals surface area contributed by atoms with Crippen LogP contribution in [0.5, 0.6) is 0 Å². The molecule has 20 heavy (non-hydrogen) atoms. The van der Waals surface area contributed by atoms with Gasteiger partial charge in [0, 0.05) is 12.2 Å². The molecule has 1 N–H and O–H groups in total. The van der Waals surface area contributed by atoms with Crippen molar-refractivity contribution in [1.29, 1.82) is 0 Å². The van der Waals surface area contributed by atoms with Gasteiger partial charge in [-0.15, -0.1) is 0 Å². The van der Waals surface area contributed by atoms with Gasteiger partial charge in [0.05, 0.1) is 0 Å². The van der Waals surface area contributed by atoms with E-state index in [2.05, 4.69) is 24.3 Å². The molecule has 1 aromatic rings. The maximum Gasteiger partial charge on any atom is 0.435 e. The van der Waals surface area contributed by atoms with E-state index in [4.69, 9.17) is 0 Å². The van der Waals surface area contributed by atoms with Crippen molar-refractivity contribution in [1.82, 2.24) is 15.1 Å². The second-order valence-electron chi connectivity index (χ2n) is 6.07. The highest BCUT2D eigenvalue weighted by Crippen LogP contribution is 2.36. The van der Waals surface area contributed by atoms with Gasteiger partial charge in [-0.2, -0.15) is 18.3 Å². The smallest absolute Gasteiger partial charge is 0.352 e. The zero-order valence-electron chi connectivity index (χ0n) is 11.5. The van der Waals surface area contributed by atoms with Gasteiger partial charge in [-0.05, 0) is 30.7 Å². The summed E-state index contributed by atoms with van der Waals surface area (Å²) >= 11 is 0. The Morgan fingerprint density at radius 1 is 1.55 bits per heavy atom. The lowest BCUT2D eigenvalue weighted by molar-refractivity contribution is -0.141. The highest BCUT2D eigenvalue weighted by atomic mass is 19.4. The first-order chi connectivity index (χ1) is 9.16. The second kappa shape index (κ2) is 5.10. The molecule has 0 aliphatic heterocycles. The third-order valence-corrected chi connectivity index (χ3v) is 3.57. The summed E-state index contributed by atoms with van der Waals surface area (Å²) in [5.41, 5.74) is -0.764. The Hall–Kier alpha value is -1.53. The van der Waals surface area contributed by atoms with E-state index in [9.17, 15) is 18.0 Å². The predicted molar refractivity (Wildman–Crippen MR) is 66.8 cm³/mol. The van der Waals surface area contributed by atoms with Gasteiger partial charge in [-0.1, -0.05) is 13.8 Å². The lowest BCUT2D eigenvalue weighted by Gasteiger charge is -2.17. The molecule has 1 fully saturated rings. The fourth-order valence-corrected chi connectivity index (χ4v) is 2.58. The van der Waals surface area contributed by atoms with Crippen LogP contribution >= 0.6 is 0 Å². The van der Waals surface area contributed by atoms with E-state index in [1.54, 1.807) is 0 Å². The molecular formula is C13H18F3N3O. The van der Waals surface area contributed by atoms with Crippen molar-refractivity contribution in [3.05, 3.63) is 18.0 Å². The van der Waals surface area contributed by atoms with Crippen LogP contribution in [0.3, 0.4) is 0 Å². The number of rotatable bonds is 3. The molecule has 1 aliphatic carbocycles. The van der Waals surface area contributed by atoms with Gasteiger partial charge < -0.3 is 5.32 Å². The molecule has 1 saturated carbocycles. The summed E-state index contributed by atoms with van der Waals surface area (Å²) in [6, 6.07) is 0.974. The quantitative estimate of drug-likeness (QED) is 0.929. The monoisotopic (exact) mass is 289 g/mol. The number of carbonyl (C=O) groups is 1. The fourth-order valence-electron chi connectivity index (χ4n) is 2.58. The standard InChI is InChI=1S/C13H18F3N3O/c1-12(2)5-3-9(7-12)17-11(20)8-19-6-4-10(18-19)13(14,15)16/h4,6,9H,3,5,7-8H2,1-2H3,(H,17,20). The maximum absolute atomic E-state index is 12.4. The van der Waals surface area contributed by atoms with E-state index in [1.807, 2.05) is 0 Å². The summed E-state index contributed by atoms with van der Waals surface area (Å²) in [5.74, 6) is -0.301. The summed E-state index contributed by atoms with van der Waals surface area (Å²) in [5, 5.41) is 6.21. The highest BCUT2D eigenvalue weighted by Gasteiger charge is 2.34. The third kappa shape index (κ3) is 3.74. The molecule has 1 amide bonds. The van der Waals surface area contributed by atoms with E-state index in [0.717, 1.165) is 30.0 Å². The summed E-state index contributed by atoms with van der Waals surface area (Å²) in [4.78, 5) is 11.8. The second-order valence-corrected chi connectivity index (χ2v) is 6.07. The largest absolute Gasteiger partial charge is 0.435 e. The average Bonchev–Trinajstić information content (AvgIpc) is 2.84. The number of nitrogens with one attached hydrogen (secondary N) is 1. The van der Waals surface area contributed by atoms with Crippen LogP contribution in [0.1, 0.15) is 38.8 Å². The molecule has 4 nitrogen and oxygen atoms in total. The molecule has 1 heterocycles. The molecule has 0 saturated heterocycles. The minimum absolute atomic E-state index is 0.107. The Morgan fingerprint density at radius 3 is 2.75 bits per heavy atom. The molecule has 112 valence electrons. The number of aromatic nitrogens is 2. The topological polar surface area (TPSA) is 46.9 Å². The van der Waals surface area contributed by atoms with E-state index in [1.165, 1.54) is 6.20 Å². The van der Waals surface area contributed by atoms with Crippen molar-refractivity contribution >= 4 is 5.91 Å².